The summed E-state index contributed by atoms with van der Waals surface area (Å²) in [6, 6.07) is 12.2. The number of rotatable bonds is 2. The molecule has 98 valence electrons. The molecule has 4 heteroatoms. The monoisotopic (exact) mass is 388 g/mol. The van der Waals surface area contributed by atoms with Crippen LogP contribution in [0.1, 0.15) is 11.1 Å². The fraction of sp³-hybridized carbons (Fsp3) is 0.143. The van der Waals surface area contributed by atoms with Crippen molar-refractivity contribution in [3.8, 4) is 0 Å². The molecule has 0 aliphatic heterocycles. The zero-order valence-electron chi connectivity index (χ0n) is 10.0. The normalized spacial score (nSPS) is 10.7. The molecule has 0 aromatic heterocycles. The van der Waals surface area contributed by atoms with E-state index in [0.717, 1.165) is 5.30 Å². The van der Waals surface area contributed by atoms with Gasteiger partial charge in [0, 0.05) is 25.7 Å². The smallest absolute Gasteiger partial charge is 0.0672 e. The zero-order chi connectivity index (χ0) is 12.4. The summed E-state index contributed by atoms with van der Waals surface area (Å²) in [5, 5.41) is 3.79. The maximum Gasteiger partial charge on any atom is 0.0672 e. The Morgan fingerprint density at radius 1 is 0.889 bits per heavy atom. The van der Waals surface area contributed by atoms with Gasteiger partial charge in [-0.25, -0.2) is 0 Å². The van der Waals surface area contributed by atoms with Gasteiger partial charge in [-0.2, -0.15) is 0 Å². The average Bonchev–Trinajstić information content (AvgIpc) is 2.32. The van der Waals surface area contributed by atoms with E-state index in [4.69, 9.17) is 23.2 Å². The minimum atomic E-state index is 0. The second kappa shape index (κ2) is 7.04. The summed E-state index contributed by atoms with van der Waals surface area (Å²) in [5.74, 6) is 0. The molecular weight excluding hydrogens is 376 g/mol. The van der Waals surface area contributed by atoms with Crippen LogP contribution in [0.5, 0.6) is 0 Å². The predicted octanol–water partition coefficient (Wildman–Crippen LogP) is 4.24. The third kappa shape index (κ3) is 3.57. The van der Waals surface area contributed by atoms with E-state index >= 15 is 0 Å². The van der Waals surface area contributed by atoms with Crippen LogP contribution >= 0.6 is 31.8 Å². The molecule has 0 heterocycles. The second-order valence-corrected chi connectivity index (χ2v) is 6.07. The van der Waals surface area contributed by atoms with Crippen molar-refractivity contribution in [2.45, 2.75) is 13.8 Å². The van der Waals surface area contributed by atoms with E-state index in [9.17, 15) is 0 Å². The van der Waals surface area contributed by atoms with Crippen molar-refractivity contribution < 1.29 is 20.4 Å². The van der Waals surface area contributed by atoms with Crippen molar-refractivity contribution >= 4 is 42.4 Å². The Balaban J connectivity index is 0.00000162. The SMILES string of the molecule is Cc1ccccc1Pc1c(C)ccc(Cl)c1Cl.[Pd]. The zero-order valence-corrected chi connectivity index (χ0v) is 14.1. The van der Waals surface area contributed by atoms with Crippen molar-refractivity contribution in [1.29, 1.82) is 0 Å². The Morgan fingerprint density at radius 2 is 1.56 bits per heavy atom. The van der Waals surface area contributed by atoms with Gasteiger partial charge in [-0.1, -0.05) is 62.1 Å². The van der Waals surface area contributed by atoms with Crippen LogP contribution in [0, 0.1) is 13.8 Å². The Morgan fingerprint density at radius 3 is 2.22 bits per heavy atom. The van der Waals surface area contributed by atoms with Crippen LogP contribution in [0.2, 0.25) is 10.0 Å². The van der Waals surface area contributed by atoms with Gasteiger partial charge in [0.2, 0.25) is 0 Å². The minimum Gasteiger partial charge on any atom is -0.0827 e. The maximum atomic E-state index is 6.28. The van der Waals surface area contributed by atoms with Crippen molar-refractivity contribution in [1.82, 2.24) is 0 Å². The van der Waals surface area contributed by atoms with Crippen LogP contribution in [0.15, 0.2) is 36.4 Å². The summed E-state index contributed by atoms with van der Waals surface area (Å²) in [6.45, 7) is 4.19. The number of hydrogen-bond acceptors (Lipinski definition) is 0. The fourth-order valence-electron chi connectivity index (χ4n) is 1.65. The largest absolute Gasteiger partial charge is 0.0827 e. The predicted molar refractivity (Wildman–Crippen MR) is 80.0 cm³/mol. The summed E-state index contributed by atoms with van der Waals surface area (Å²) in [7, 11) is 0.553. The van der Waals surface area contributed by atoms with Crippen LogP contribution in [0.4, 0.5) is 0 Å². The van der Waals surface area contributed by atoms with E-state index in [-0.39, 0.29) is 20.4 Å². The standard InChI is InChI=1S/C14H13Cl2P.Pd/c1-9-5-3-4-6-12(9)17-14-10(2)7-8-11(15)13(14)16;/h3-8,17H,1-2H3;. The molecule has 0 bridgehead atoms. The van der Waals surface area contributed by atoms with Gasteiger partial charge >= 0.3 is 0 Å². The summed E-state index contributed by atoms with van der Waals surface area (Å²) in [5.41, 5.74) is 2.49. The third-order valence-corrected chi connectivity index (χ3v) is 5.40. The van der Waals surface area contributed by atoms with Crippen molar-refractivity contribution in [3.05, 3.63) is 57.6 Å². The third-order valence-electron chi connectivity index (χ3n) is 2.71. The summed E-state index contributed by atoms with van der Waals surface area (Å²) in [6.07, 6.45) is 0. The van der Waals surface area contributed by atoms with E-state index in [2.05, 4.69) is 38.1 Å². The molecule has 0 nitrogen and oxygen atoms in total. The average molecular weight is 390 g/mol. The minimum absolute atomic E-state index is 0. The van der Waals surface area contributed by atoms with Gasteiger partial charge in [0.1, 0.15) is 0 Å². The molecule has 0 saturated heterocycles. The van der Waals surface area contributed by atoms with Gasteiger partial charge in [0.25, 0.3) is 0 Å². The van der Waals surface area contributed by atoms with Gasteiger partial charge in [0.05, 0.1) is 10.0 Å². The number of aryl methyl sites for hydroxylation is 2. The van der Waals surface area contributed by atoms with E-state index < -0.39 is 0 Å². The fourth-order valence-corrected chi connectivity index (χ4v) is 3.49. The summed E-state index contributed by atoms with van der Waals surface area (Å²) < 4.78 is 0. The first kappa shape index (κ1) is 16.2. The molecule has 0 aliphatic rings. The molecule has 18 heavy (non-hydrogen) atoms. The molecule has 0 aliphatic carbocycles. The number of hydrogen-bond donors (Lipinski definition) is 0. The first-order valence-electron chi connectivity index (χ1n) is 5.37. The van der Waals surface area contributed by atoms with Crippen LogP contribution < -0.4 is 10.6 Å². The van der Waals surface area contributed by atoms with Crippen molar-refractivity contribution in [2.75, 3.05) is 0 Å². The van der Waals surface area contributed by atoms with Crippen LogP contribution in [-0.4, -0.2) is 0 Å². The van der Waals surface area contributed by atoms with E-state index in [1.54, 1.807) is 0 Å². The summed E-state index contributed by atoms with van der Waals surface area (Å²) in [4.78, 5) is 0. The van der Waals surface area contributed by atoms with Crippen LogP contribution in [0.3, 0.4) is 0 Å². The van der Waals surface area contributed by atoms with E-state index in [1.165, 1.54) is 16.4 Å². The molecule has 0 fully saturated rings. The topological polar surface area (TPSA) is 0 Å². The van der Waals surface area contributed by atoms with Crippen molar-refractivity contribution in [3.63, 3.8) is 0 Å². The molecule has 0 spiro atoms. The van der Waals surface area contributed by atoms with Crippen molar-refractivity contribution in [2.24, 2.45) is 0 Å². The second-order valence-electron chi connectivity index (χ2n) is 3.99. The van der Waals surface area contributed by atoms with Gasteiger partial charge in [-0.05, 0) is 36.3 Å². The molecule has 0 amide bonds. The summed E-state index contributed by atoms with van der Waals surface area (Å²) >= 11 is 12.3. The number of halogens is 2. The maximum absolute atomic E-state index is 6.28. The molecule has 1 atom stereocenters. The Labute approximate surface area is 134 Å². The van der Waals surface area contributed by atoms with E-state index in [0.29, 0.717) is 18.6 Å². The quantitative estimate of drug-likeness (QED) is 0.532. The van der Waals surface area contributed by atoms with Gasteiger partial charge in [0.15, 0.2) is 0 Å². The molecule has 0 N–H and O–H groups in total. The molecule has 2 aromatic rings. The Kier molecular flexibility index (Phi) is 6.33. The first-order chi connectivity index (χ1) is 8.09. The molecule has 0 saturated carbocycles. The molecule has 1 unspecified atom stereocenters. The molecular formula is C14H13Cl2PPd. The van der Waals surface area contributed by atoms with Gasteiger partial charge in [-0.3, -0.25) is 0 Å². The Bertz CT molecular complexity index is 555. The number of benzene rings is 2. The molecule has 0 radical (unpaired) electrons. The van der Waals surface area contributed by atoms with Gasteiger partial charge < -0.3 is 0 Å². The van der Waals surface area contributed by atoms with Crippen LogP contribution in [-0.2, 0) is 20.4 Å². The van der Waals surface area contributed by atoms with Gasteiger partial charge in [-0.15, -0.1) is 0 Å². The van der Waals surface area contributed by atoms with Crippen LogP contribution in [0.25, 0.3) is 0 Å². The molecule has 2 rings (SSSR count). The first-order valence-corrected chi connectivity index (χ1v) is 7.12. The Hall–Kier alpha value is 0.112. The van der Waals surface area contributed by atoms with E-state index in [1.807, 2.05) is 12.1 Å². The molecule has 2 aromatic carbocycles.